The zero-order chi connectivity index (χ0) is 22.3. The first kappa shape index (κ1) is 22.2. The molecule has 7 nitrogen and oxygen atoms in total. The van der Waals surface area contributed by atoms with E-state index in [0.717, 1.165) is 31.7 Å². The summed E-state index contributed by atoms with van der Waals surface area (Å²) in [5, 5.41) is 2.91. The van der Waals surface area contributed by atoms with Crippen LogP contribution in [0.5, 0.6) is 11.5 Å². The molecule has 1 heterocycles. The van der Waals surface area contributed by atoms with Gasteiger partial charge in [-0.1, -0.05) is 0 Å². The van der Waals surface area contributed by atoms with E-state index in [0.29, 0.717) is 5.56 Å². The number of carbonyl (C=O) groups is 2. The third-order valence-electron chi connectivity index (χ3n) is 5.64. The van der Waals surface area contributed by atoms with Crippen molar-refractivity contribution in [1.82, 2.24) is 5.32 Å². The summed E-state index contributed by atoms with van der Waals surface area (Å²) in [6, 6.07) is 1.13. The van der Waals surface area contributed by atoms with Crippen molar-refractivity contribution in [1.29, 1.82) is 0 Å². The highest BCUT2D eigenvalue weighted by Crippen LogP contribution is 2.49. The molecular weight excluding hydrogens is 393 g/mol. The minimum Gasteiger partial charge on any atom is -0.465 e. The van der Waals surface area contributed by atoms with Gasteiger partial charge in [0.2, 0.25) is 5.75 Å². The number of fused-ring (bicyclic) bond motifs is 1. The molecule has 1 unspecified atom stereocenters. The summed E-state index contributed by atoms with van der Waals surface area (Å²) in [5.74, 6) is -2.05. The Hall–Kier alpha value is -2.51. The van der Waals surface area contributed by atoms with E-state index in [-0.39, 0.29) is 29.0 Å². The molecule has 1 aromatic rings. The Balaban J connectivity index is 1.67. The highest BCUT2D eigenvalue weighted by atomic mass is 19.1. The lowest BCUT2D eigenvalue weighted by molar-refractivity contribution is -0.122. The van der Waals surface area contributed by atoms with Crippen LogP contribution in [0.15, 0.2) is 6.07 Å². The maximum atomic E-state index is 14.6. The topological polar surface area (TPSA) is 83.1 Å². The van der Waals surface area contributed by atoms with E-state index in [1.54, 1.807) is 13.8 Å². The lowest BCUT2D eigenvalue weighted by Crippen LogP contribution is -2.48. The summed E-state index contributed by atoms with van der Waals surface area (Å²) in [4.78, 5) is 23.9. The van der Waals surface area contributed by atoms with Crippen molar-refractivity contribution in [2.45, 2.75) is 77.7 Å². The molecule has 1 atom stereocenters. The van der Waals surface area contributed by atoms with Crippen LogP contribution in [-0.2, 0) is 9.47 Å². The van der Waals surface area contributed by atoms with Crippen LogP contribution in [0.25, 0.3) is 0 Å². The Morgan fingerprint density at radius 1 is 1.17 bits per heavy atom. The minimum absolute atomic E-state index is 0.00182. The Labute approximate surface area is 176 Å². The van der Waals surface area contributed by atoms with Crippen LogP contribution in [0.1, 0.15) is 69.3 Å². The van der Waals surface area contributed by atoms with Gasteiger partial charge in [0.15, 0.2) is 11.6 Å². The number of halogens is 1. The fraction of sp³-hybridized carbons (Fsp3) is 0.636. The zero-order valence-electron chi connectivity index (χ0n) is 18.4. The molecule has 0 bridgehead atoms. The van der Waals surface area contributed by atoms with Gasteiger partial charge < -0.3 is 24.3 Å². The molecule has 1 N–H and O–H groups in total. The van der Waals surface area contributed by atoms with Crippen molar-refractivity contribution in [2.75, 3.05) is 7.11 Å². The molecular formula is C22H30FNO6. The number of alkyl carbamates (subject to hydrolysis) is 1. The monoisotopic (exact) mass is 423 g/mol. The van der Waals surface area contributed by atoms with Gasteiger partial charge in [-0.15, -0.1) is 0 Å². The number of hydrogen-bond acceptors (Lipinski definition) is 6. The molecule has 166 valence electrons. The van der Waals surface area contributed by atoms with Gasteiger partial charge in [0.1, 0.15) is 5.60 Å². The Bertz CT molecular complexity index is 841. The smallest absolute Gasteiger partial charge is 0.407 e. The van der Waals surface area contributed by atoms with Gasteiger partial charge >= 0.3 is 12.1 Å². The van der Waals surface area contributed by atoms with Gasteiger partial charge in [-0.05, 0) is 59.4 Å². The number of amides is 1. The molecule has 1 saturated carbocycles. The standard InChI is InChI=1S/C22H30FNO6/c1-12-15(19(25)27-6)11-16(23)18-17(12)28-22(5,29-18)13-7-9-14(10-8-13)24-20(26)30-21(2,3)4/h11,13-14H,7-10H2,1-6H3,(H,24,26). The first-order valence-corrected chi connectivity index (χ1v) is 10.2. The van der Waals surface area contributed by atoms with Gasteiger partial charge in [0.05, 0.1) is 12.7 Å². The summed E-state index contributed by atoms with van der Waals surface area (Å²) in [5.41, 5.74) is 0.0611. The Morgan fingerprint density at radius 2 is 1.77 bits per heavy atom. The third kappa shape index (κ3) is 4.47. The quantitative estimate of drug-likeness (QED) is 0.721. The van der Waals surface area contributed by atoms with Crippen molar-refractivity contribution >= 4 is 12.1 Å². The number of methoxy groups -OCH3 is 1. The fourth-order valence-corrected chi connectivity index (χ4v) is 4.07. The predicted octanol–water partition coefficient (Wildman–Crippen LogP) is 4.49. The van der Waals surface area contributed by atoms with E-state index >= 15 is 0 Å². The van der Waals surface area contributed by atoms with E-state index in [9.17, 15) is 14.0 Å². The average molecular weight is 423 g/mol. The summed E-state index contributed by atoms with van der Waals surface area (Å²) in [6.45, 7) is 8.94. The Kier molecular flexibility index (Phi) is 5.89. The SMILES string of the molecule is COC(=O)c1cc(F)c2c(c1C)OC(C)(C1CCC(NC(=O)OC(C)(C)C)CC1)O2. The number of esters is 1. The summed E-state index contributed by atoms with van der Waals surface area (Å²) in [6.07, 6.45) is 2.51. The normalized spacial score (nSPS) is 25.6. The molecule has 1 aliphatic carbocycles. The van der Waals surface area contributed by atoms with Crippen molar-refractivity contribution in [2.24, 2.45) is 5.92 Å². The molecule has 0 spiro atoms. The van der Waals surface area contributed by atoms with Gasteiger partial charge in [-0.3, -0.25) is 0 Å². The molecule has 1 amide bonds. The summed E-state index contributed by atoms with van der Waals surface area (Å²) >= 11 is 0. The molecule has 8 heteroatoms. The van der Waals surface area contributed by atoms with E-state index < -0.39 is 29.3 Å². The number of carbonyl (C=O) groups excluding carboxylic acids is 2. The second-order valence-electron chi connectivity index (χ2n) is 9.10. The molecule has 0 aromatic heterocycles. The highest BCUT2D eigenvalue weighted by molar-refractivity contribution is 5.92. The summed E-state index contributed by atoms with van der Waals surface area (Å²) < 4.78 is 36.7. The largest absolute Gasteiger partial charge is 0.465 e. The number of hydrogen-bond donors (Lipinski definition) is 1. The average Bonchev–Trinajstić information content (AvgIpc) is 3.03. The van der Waals surface area contributed by atoms with Crippen LogP contribution >= 0.6 is 0 Å². The zero-order valence-corrected chi connectivity index (χ0v) is 18.4. The van der Waals surface area contributed by atoms with Gasteiger partial charge in [-0.25, -0.2) is 14.0 Å². The second-order valence-corrected chi connectivity index (χ2v) is 9.10. The van der Waals surface area contributed by atoms with Crippen LogP contribution in [0, 0.1) is 18.7 Å². The summed E-state index contributed by atoms with van der Waals surface area (Å²) in [7, 11) is 1.25. The lowest BCUT2D eigenvalue weighted by Gasteiger charge is -2.37. The Morgan fingerprint density at radius 3 is 2.33 bits per heavy atom. The van der Waals surface area contributed by atoms with Crippen molar-refractivity contribution in [3.63, 3.8) is 0 Å². The van der Waals surface area contributed by atoms with Crippen molar-refractivity contribution < 1.29 is 32.9 Å². The van der Waals surface area contributed by atoms with Crippen LogP contribution in [0.4, 0.5) is 9.18 Å². The molecule has 1 aliphatic heterocycles. The number of rotatable bonds is 3. The molecule has 30 heavy (non-hydrogen) atoms. The third-order valence-corrected chi connectivity index (χ3v) is 5.64. The molecule has 1 aromatic carbocycles. The molecule has 1 fully saturated rings. The van der Waals surface area contributed by atoms with Gasteiger partial charge in [0, 0.05) is 24.4 Å². The maximum absolute atomic E-state index is 14.6. The first-order chi connectivity index (χ1) is 13.9. The van der Waals surface area contributed by atoms with Gasteiger partial charge in [-0.2, -0.15) is 0 Å². The van der Waals surface area contributed by atoms with Crippen LogP contribution < -0.4 is 14.8 Å². The van der Waals surface area contributed by atoms with Crippen LogP contribution in [0.3, 0.4) is 0 Å². The number of nitrogens with one attached hydrogen (secondary N) is 1. The number of benzene rings is 1. The molecule has 3 rings (SSSR count). The molecule has 2 aliphatic rings. The molecule has 0 radical (unpaired) electrons. The fourth-order valence-electron chi connectivity index (χ4n) is 4.07. The van der Waals surface area contributed by atoms with Gasteiger partial charge in [0.25, 0.3) is 5.79 Å². The maximum Gasteiger partial charge on any atom is 0.407 e. The molecule has 0 saturated heterocycles. The van der Waals surface area contributed by atoms with Crippen LogP contribution in [-0.4, -0.2) is 36.6 Å². The second kappa shape index (κ2) is 7.96. The van der Waals surface area contributed by atoms with E-state index in [1.807, 2.05) is 20.8 Å². The number of ether oxygens (including phenoxy) is 4. The van der Waals surface area contributed by atoms with E-state index in [4.69, 9.17) is 18.9 Å². The van der Waals surface area contributed by atoms with Crippen molar-refractivity contribution in [3.8, 4) is 11.5 Å². The highest BCUT2D eigenvalue weighted by Gasteiger charge is 2.48. The van der Waals surface area contributed by atoms with E-state index in [1.165, 1.54) is 7.11 Å². The minimum atomic E-state index is -1.04. The predicted molar refractivity (Wildman–Crippen MR) is 107 cm³/mol. The van der Waals surface area contributed by atoms with Crippen molar-refractivity contribution in [3.05, 3.63) is 23.0 Å². The van der Waals surface area contributed by atoms with Crippen LogP contribution in [0.2, 0.25) is 0 Å². The lowest BCUT2D eigenvalue weighted by atomic mass is 9.81. The first-order valence-electron chi connectivity index (χ1n) is 10.2. The van der Waals surface area contributed by atoms with E-state index in [2.05, 4.69) is 5.32 Å².